The average molecular weight is 367 g/mol. The van der Waals surface area contributed by atoms with E-state index < -0.39 is 10.0 Å². The van der Waals surface area contributed by atoms with Gasteiger partial charge in [-0.2, -0.15) is 0 Å². The number of rotatable bonds is 5. The van der Waals surface area contributed by atoms with Gasteiger partial charge < -0.3 is 4.74 Å². The molecule has 1 N–H and O–H groups in total. The molecule has 94 valence electrons. The maximum absolute atomic E-state index is 11.2. The number of halogens is 1. The summed E-state index contributed by atoms with van der Waals surface area (Å²) >= 11 is 2.17. The van der Waals surface area contributed by atoms with Crippen LogP contribution < -0.4 is 9.46 Å². The van der Waals surface area contributed by atoms with Crippen molar-refractivity contribution in [3.63, 3.8) is 0 Å². The van der Waals surface area contributed by atoms with E-state index in [9.17, 15) is 8.42 Å². The highest BCUT2D eigenvalue weighted by atomic mass is 127. The van der Waals surface area contributed by atoms with Crippen LogP contribution in [0.3, 0.4) is 0 Å². The van der Waals surface area contributed by atoms with Gasteiger partial charge in [0.1, 0.15) is 5.75 Å². The Morgan fingerprint density at radius 1 is 1.47 bits per heavy atom. The Kier molecular flexibility index (Phi) is 3.82. The molecule has 0 spiro atoms. The first-order valence-corrected chi connectivity index (χ1v) is 8.31. The number of hydrogen-bond donors (Lipinski definition) is 1. The fourth-order valence-corrected chi connectivity index (χ4v) is 2.42. The molecule has 0 bridgehead atoms. The average Bonchev–Trinajstić information content (AvgIpc) is 3.00. The van der Waals surface area contributed by atoms with E-state index >= 15 is 0 Å². The molecule has 0 amide bonds. The summed E-state index contributed by atoms with van der Waals surface area (Å²) in [7, 11) is -3.27. The maximum atomic E-state index is 11.2. The van der Waals surface area contributed by atoms with E-state index in [0.29, 0.717) is 24.0 Å². The highest BCUT2D eigenvalue weighted by Crippen LogP contribution is 2.32. The molecule has 0 heterocycles. The van der Waals surface area contributed by atoms with Gasteiger partial charge in [0, 0.05) is 3.57 Å². The van der Waals surface area contributed by atoms with E-state index in [1.54, 1.807) is 6.07 Å². The number of sulfonamides is 1. The number of anilines is 1. The molecular weight excluding hydrogens is 353 g/mol. The van der Waals surface area contributed by atoms with Gasteiger partial charge in [-0.1, -0.05) is 0 Å². The standard InChI is InChI=1S/C11H14INO3S/c1-17(14,15)13-10-5-4-9(12)6-11(10)16-7-8-2-3-8/h4-6,8,13H,2-3,7H2,1H3. The fraction of sp³-hybridized carbons (Fsp3) is 0.455. The van der Waals surface area contributed by atoms with Gasteiger partial charge >= 0.3 is 0 Å². The summed E-state index contributed by atoms with van der Waals surface area (Å²) in [6.07, 6.45) is 3.55. The molecule has 1 saturated carbocycles. The quantitative estimate of drug-likeness (QED) is 0.814. The fourth-order valence-electron chi connectivity index (χ4n) is 1.39. The van der Waals surface area contributed by atoms with Gasteiger partial charge in [0.2, 0.25) is 10.0 Å². The van der Waals surface area contributed by atoms with Crippen molar-refractivity contribution in [1.82, 2.24) is 0 Å². The van der Waals surface area contributed by atoms with E-state index in [2.05, 4.69) is 27.3 Å². The predicted octanol–water partition coefficient (Wildman–Crippen LogP) is 2.45. The molecular formula is C11H14INO3S. The van der Waals surface area contributed by atoms with Crippen LogP contribution in [-0.4, -0.2) is 21.3 Å². The minimum Gasteiger partial charge on any atom is -0.491 e. The second-order valence-corrected chi connectivity index (χ2v) is 7.26. The third kappa shape index (κ3) is 4.34. The normalized spacial score (nSPS) is 15.6. The highest BCUT2D eigenvalue weighted by molar-refractivity contribution is 14.1. The van der Waals surface area contributed by atoms with Gasteiger partial charge in [-0.3, -0.25) is 4.72 Å². The first kappa shape index (κ1) is 12.9. The summed E-state index contributed by atoms with van der Waals surface area (Å²) in [5.74, 6) is 1.24. The van der Waals surface area contributed by atoms with Gasteiger partial charge in [-0.25, -0.2) is 8.42 Å². The van der Waals surface area contributed by atoms with Crippen LogP contribution in [0.5, 0.6) is 5.75 Å². The zero-order valence-corrected chi connectivity index (χ0v) is 12.4. The van der Waals surface area contributed by atoms with Crippen molar-refractivity contribution in [3.8, 4) is 5.75 Å². The van der Waals surface area contributed by atoms with E-state index in [1.807, 2.05) is 12.1 Å². The minimum atomic E-state index is -3.27. The van der Waals surface area contributed by atoms with Crippen LogP contribution in [0.15, 0.2) is 18.2 Å². The Bertz CT molecular complexity index is 511. The van der Waals surface area contributed by atoms with Crippen LogP contribution in [0.1, 0.15) is 12.8 Å². The third-order valence-electron chi connectivity index (χ3n) is 2.41. The van der Waals surface area contributed by atoms with Crippen LogP contribution in [0.4, 0.5) is 5.69 Å². The SMILES string of the molecule is CS(=O)(=O)Nc1ccc(I)cc1OCC1CC1. The molecule has 1 aliphatic carbocycles. The molecule has 1 aromatic rings. The van der Waals surface area contributed by atoms with Crippen molar-refractivity contribution in [1.29, 1.82) is 0 Å². The Hall–Kier alpha value is -0.500. The number of benzene rings is 1. The molecule has 4 nitrogen and oxygen atoms in total. The molecule has 17 heavy (non-hydrogen) atoms. The maximum Gasteiger partial charge on any atom is 0.229 e. The Labute approximate surface area is 115 Å². The number of hydrogen-bond acceptors (Lipinski definition) is 3. The van der Waals surface area contributed by atoms with Crippen molar-refractivity contribution >= 4 is 38.3 Å². The zero-order chi connectivity index (χ0) is 12.5. The van der Waals surface area contributed by atoms with Crippen LogP contribution in [0.25, 0.3) is 0 Å². The summed E-state index contributed by atoms with van der Waals surface area (Å²) < 4.78 is 31.6. The summed E-state index contributed by atoms with van der Waals surface area (Å²) in [5.41, 5.74) is 0.508. The lowest BCUT2D eigenvalue weighted by atomic mass is 10.3. The molecule has 0 atom stereocenters. The monoisotopic (exact) mass is 367 g/mol. The molecule has 6 heteroatoms. The third-order valence-corrected chi connectivity index (χ3v) is 3.67. The smallest absolute Gasteiger partial charge is 0.229 e. The van der Waals surface area contributed by atoms with Crippen molar-refractivity contribution in [2.45, 2.75) is 12.8 Å². The first-order chi connectivity index (χ1) is 7.94. The zero-order valence-electron chi connectivity index (χ0n) is 9.44. The number of ether oxygens (including phenoxy) is 1. The summed E-state index contributed by atoms with van der Waals surface area (Å²) in [4.78, 5) is 0. The Morgan fingerprint density at radius 2 is 2.18 bits per heavy atom. The topological polar surface area (TPSA) is 55.4 Å². The van der Waals surface area contributed by atoms with E-state index in [4.69, 9.17) is 4.74 Å². The van der Waals surface area contributed by atoms with Gasteiger partial charge in [0.05, 0.1) is 18.6 Å². The van der Waals surface area contributed by atoms with Crippen molar-refractivity contribution in [2.24, 2.45) is 5.92 Å². The van der Waals surface area contributed by atoms with Crippen molar-refractivity contribution in [2.75, 3.05) is 17.6 Å². The molecule has 0 unspecified atom stereocenters. The Morgan fingerprint density at radius 3 is 2.76 bits per heavy atom. The van der Waals surface area contributed by atoms with Crippen LogP contribution in [0.2, 0.25) is 0 Å². The van der Waals surface area contributed by atoms with Gasteiger partial charge in [0.25, 0.3) is 0 Å². The molecule has 1 aliphatic rings. The second-order valence-electron chi connectivity index (χ2n) is 4.27. The lowest BCUT2D eigenvalue weighted by Gasteiger charge is -2.12. The van der Waals surface area contributed by atoms with Gasteiger partial charge in [-0.05, 0) is 59.5 Å². The molecule has 0 saturated heterocycles. The Balaban J connectivity index is 2.16. The van der Waals surface area contributed by atoms with Crippen LogP contribution >= 0.6 is 22.6 Å². The lowest BCUT2D eigenvalue weighted by Crippen LogP contribution is -2.11. The summed E-state index contributed by atoms with van der Waals surface area (Å²) in [5, 5.41) is 0. The molecule has 0 aliphatic heterocycles. The molecule has 2 rings (SSSR count). The lowest BCUT2D eigenvalue weighted by molar-refractivity contribution is 0.301. The highest BCUT2D eigenvalue weighted by Gasteiger charge is 2.22. The second kappa shape index (κ2) is 5.01. The van der Waals surface area contributed by atoms with E-state index in [-0.39, 0.29) is 0 Å². The van der Waals surface area contributed by atoms with Crippen molar-refractivity contribution < 1.29 is 13.2 Å². The molecule has 0 aromatic heterocycles. The molecule has 0 radical (unpaired) electrons. The van der Waals surface area contributed by atoms with E-state index in [1.165, 1.54) is 12.8 Å². The molecule has 1 fully saturated rings. The van der Waals surface area contributed by atoms with Crippen LogP contribution in [0, 0.1) is 9.49 Å². The van der Waals surface area contributed by atoms with Crippen LogP contribution in [-0.2, 0) is 10.0 Å². The van der Waals surface area contributed by atoms with Gasteiger partial charge in [-0.15, -0.1) is 0 Å². The van der Waals surface area contributed by atoms with E-state index in [0.717, 1.165) is 9.83 Å². The van der Waals surface area contributed by atoms with Gasteiger partial charge in [0.15, 0.2) is 0 Å². The summed E-state index contributed by atoms with van der Waals surface area (Å²) in [6, 6.07) is 5.42. The number of nitrogens with one attached hydrogen (secondary N) is 1. The predicted molar refractivity (Wildman–Crippen MR) is 75.8 cm³/mol. The first-order valence-electron chi connectivity index (χ1n) is 5.34. The summed E-state index contributed by atoms with van der Waals surface area (Å²) in [6.45, 7) is 0.665. The van der Waals surface area contributed by atoms with Crippen molar-refractivity contribution in [3.05, 3.63) is 21.8 Å². The largest absolute Gasteiger partial charge is 0.491 e. The minimum absolute atomic E-state index is 0.508. The molecule has 1 aromatic carbocycles.